The highest BCUT2D eigenvalue weighted by Crippen LogP contribution is 2.22. The van der Waals surface area contributed by atoms with Gasteiger partial charge >= 0.3 is 5.97 Å². The number of carbonyl (C=O) groups is 2. The topological polar surface area (TPSA) is 95.5 Å². The minimum Gasteiger partial charge on any atom is -0.497 e. The van der Waals surface area contributed by atoms with Gasteiger partial charge in [0.2, 0.25) is 0 Å². The SMILES string of the molecule is COC(=O)c1ccccc1NC(=O)CO/N=C\c1cc(OC)ccc1OC. The van der Waals surface area contributed by atoms with Crippen LogP contribution in [0, 0.1) is 0 Å². The molecule has 1 amide bonds. The third-order valence-electron chi connectivity index (χ3n) is 3.51. The molecule has 0 spiro atoms. The lowest BCUT2D eigenvalue weighted by Crippen LogP contribution is -2.19. The van der Waals surface area contributed by atoms with Gasteiger partial charge in [-0.15, -0.1) is 0 Å². The normalized spacial score (nSPS) is 10.3. The molecule has 2 rings (SSSR count). The van der Waals surface area contributed by atoms with E-state index in [1.54, 1.807) is 49.6 Å². The van der Waals surface area contributed by atoms with Crippen molar-refractivity contribution in [2.75, 3.05) is 33.3 Å². The fourth-order valence-electron chi connectivity index (χ4n) is 2.20. The van der Waals surface area contributed by atoms with Crippen molar-refractivity contribution in [3.8, 4) is 11.5 Å². The van der Waals surface area contributed by atoms with Crippen LogP contribution >= 0.6 is 0 Å². The minimum absolute atomic E-state index is 0.248. The van der Waals surface area contributed by atoms with E-state index in [0.29, 0.717) is 22.7 Å². The van der Waals surface area contributed by atoms with Crippen molar-refractivity contribution in [3.05, 3.63) is 53.6 Å². The van der Waals surface area contributed by atoms with Crippen LogP contribution in [0.15, 0.2) is 47.6 Å². The van der Waals surface area contributed by atoms with Crippen LogP contribution in [0.1, 0.15) is 15.9 Å². The van der Waals surface area contributed by atoms with Crippen LogP contribution in [-0.4, -0.2) is 46.0 Å². The Kier molecular flexibility index (Phi) is 7.18. The fraction of sp³-hybridized carbons (Fsp3) is 0.211. The second-order valence-corrected chi connectivity index (χ2v) is 5.20. The fourth-order valence-corrected chi connectivity index (χ4v) is 2.20. The first-order valence-electron chi connectivity index (χ1n) is 7.93. The van der Waals surface area contributed by atoms with Crippen LogP contribution < -0.4 is 14.8 Å². The van der Waals surface area contributed by atoms with Crippen LogP contribution in [0.2, 0.25) is 0 Å². The molecule has 8 heteroatoms. The molecule has 0 aliphatic carbocycles. The summed E-state index contributed by atoms with van der Waals surface area (Å²) in [6, 6.07) is 11.7. The van der Waals surface area contributed by atoms with Crippen molar-refractivity contribution < 1.29 is 28.6 Å². The van der Waals surface area contributed by atoms with Gasteiger partial charge in [0.05, 0.1) is 38.8 Å². The number of rotatable bonds is 8. The number of nitrogens with zero attached hydrogens (tertiary/aromatic N) is 1. The molecule has 8 nitrogen and oxygen atoms in total. The first kappa shape index (κ1) is 19.8. The summed E-state index contributed by atoms with van der Waals surface area (Å²) in [5.74, 6) is 0.199. The molecule has 0 atom stereocenters. The van der Waals surface area contributed by atoms with Gasteiger partial charge in [0.25, 0.3) is 5.91 Å². The van der Waals surface area contributed by atoms with Gasteiger partial charge in [0, 0.05) is 5.56 Å². The Morgan fingerprint density at radius 1 is 1.07 bits per heavy atom. The number of benzene rings is 2. The largest absolute Gasteiger partial charge is 0.497 e. The van der Waals surface area contributed by atoms with E-state index in [4.69, 9.17) is 14.3 Å². The molecule has 0 aliphatic heterocycles. The number of methoxy groups -OCH3 is 3. The summed E-state index contributed by atoms with van der Waals surface area (Å²) >= 11 is 0. The molecule has 1 N–H and O–H groups in total. The average Bonchev–Trinajstić information content (AvgIpc) is 2.70. The molecule has 27 heavy (non-hydrogen) atoms. The highest BCUT2D eigenvalue weighted by molar-refractivity contribution is 6.01. The molecule has 2 aromatic rings. The standard InChI is InChI=1S/C19H20N2O6/c1-24-14-8-9-17(25-2)13(10-14)11-20-27-12-18(22)21-16-7-5-4-6-15(16)19(23)26-3/h4-11H,12H2,1-3H3,(H,21,22)/b20-11-. The number of ether oxygens (including phenoxy) is 3. The Labute approximate surface area is 156 Å². The summed E-state index contributed by atoms with van der Waals surface area (Å²) in [5.41, 5.74) is 1.21. The predicted molar refractivity (Wildman–Crippen MR) is 99.5 cm³/mol. The van der Waals surface area contributed by atoms with Crippen LogP contribution in [0.4, 0.5) is 5.69 Å². The van der Waals surface area contributed by atoms with E-state index in [1.807, 2.05) is 0 Å². The number of amides is 1. The number of oxime groups is 1. The van der Waals surface area contributed by atoms with Gasteiger partial charge in [-0.3, -0.25) is 4.79 Å². The van der Waals surface area contributed by atoms with E-state index in [1.165, 1.54) is 20.4 Å². The maximum absolute atomic E-state index is 12.0. The van der Waals surface area contributed by atoms with Crippen LogP contribution in [0.25, 0.3) is 0 Å². The molecule has 0 aliphatic rings. The quantitative estimate of drug-likeness (QED) is 0.434. The molecule has 0 aromatic heterocycles. The second kappa shape index (κ2) is 9.81. The average molecular weight is 372 g/mol. The number of hydrogen-bond donors (Lipinski definition) is 1. The highest BCUT2D eigenvalue weighted by Gasteiger charge is 2.13. The summed E-state index contributed by atoms with van der Waals surface area (Å²) in [7, 11) is 4.35. The number of carbonyl (C=O) groups excluding carboxylic acids is 2. The molecule has 0 radical (unpaired) electrons. The molecule has 142 valence electrons. The number of hydrogen-bond acceptors (Lipinski definition) is 7. The van der Waals surface area contributed by atoms with E-state index in [-0.39, 0.29) is 12.2 Å². The number of para-hydroxylation sites is 1. The Morgan fingerprint density at radius 2 is 1.85 bits per heavy atom. The molecular weight excluding hydrogens is 352 g/mol. The maximum Gasteiger partial charge on any atom is 0.339 e. The summed E-state index contributed by atoms with van der Waals surface area (Å²) in [4.78, 5) is 28.7. The molecular formula is C19H20N2O6. The van der Waals surface area contributed by atoms with Gasteiger partial charge in [-0.2, -0.15) is 0 Å². The van der Waals surface area contributed by atoms with Crippen molar-refractivity contribution in [3.63, 3.8) is 0 Å². The molecule has 0 unspecified atom stereocenters. The zero-order valence-corrected chi connectivity index (χ0v) is 15.2. The molecule has 0 saturated heterocycles. The van der Waals surface area contributed by atoms with Crippen LogP contribution in [-0.2, 0) is 14.4 Å². The Bertz CT molecular complexity index is 835. The maximum atomic E-state index is 12.0. The van der Waals surface area contributed by atoms with Gasteiger partial charge < -0.3 is 24.4 Å². The van der Waals surface area contributed by atoms with Gasteiger partial charge in [0.15, 0.2) is 6.61 Å². The third kappa shape index (κ3) is 5.46. The van der Waals surface area contributed by atoms with E-state index in [0.717, 1.165) is 0 Å². The van der Waals surface area contributed by atoms with Gasteiger partial charge in [-0.25, -0.2) is 4.79 Å². The Balaban J connectivity index is 1.96. The van der Waals surface area contributed by atoms with E-state index in [9.17, 15) is 9.59 Å². The predicted octanol–water partition coefficient (Wildman–Crippen LogP) is 2.48. The van der Waals surface area contributed by atoms with E-state index in [2.05, 4.69) is 15.2 Å². The summed E-state index contributed by atoms with van der Waals surface area (Å²) in [6.07, 6.45) is 1.41. The lowest BCUT2D eigenvalue weighted by atomic mass is 10.2. The minimum atomic E-state index is -0.546. The first-order chi connectivity index (χ1) is 13.1. The van der Waals surface area contributed by atoms with Crippen molar-refractivity contribution in [2.45, 2.75) is 0 Å². The number of anilines is 1. The lowest BCUT2D eigenvalue weighted by molar-refractivity contribution is -0.120. The van der Waals surface area contributed by atoms with Crippen LogP contribution in [0.3, 0.4) is 0 Å². The first-order valence-corrected chi connectivity index (χ1v) is 7.93. The van der Waals surface area contributed by atoms with Crippen LogP contribution in [0.5, 0.6) is 11.5 Å². The summed E-state index contributed by atoms with van der Waals surface area (Å²) < 4.78 is 15.0. The summed E-state index contributed by atoms with van der Waals surface area (Å²) in [5, 5.41) is 6.35. The summed E-state index contributed by atoms with van der Waals surface area (Å²) in [6.45, 7) is -0.335. The monoisotopic (exact) mass is 372 g/mol. The smallest absolute Gasteiger partial charge is 0.339 e. The Hall–Kier alpha value is -3.55. The number of nitrogens with one attached hydrogen (secondary N) is 1. The van der Waals surface area contributed by atoms with Crippen molar-refractivity contribution in [1.29, 1.82) is 0 Å². The zero-order chi connectivity index (χ0) is 19.6. The zero-order valence-electron chi connectivity index (χ0n) is 15.2. The number of esters is 1. The van der Waals surface area contributed by atoms with Gasteiger partial charge in [-0.05, 0) is 30.3 Å². The van der Waals surface area contributed by atoms with Crippen molar-refractivity contribution >= 4 is 23.8 Å². The molecule has 0 saturated carbocycles. The highest BCUT2D eigenvalue weighted by atomic mass is 16.6. The third-order valence-corrected chi connectivity index (χ3v) is 3.51. The van der Waals surface area contributed by atoms with E-state index < -0.39 is 11.9 Å². The molecule has 0 heterocycles. The molecule has 0 fully saturated rings. The molecule has 0 bridgehead atoms. The molecule has 2 aromatic carbocycles. The van der Waals surface area contributed by atoms with Gasteiger partial charge in [-0.1, -0.05) is 17.3 Å². The lowest BCUT2D eigenvalue weighted by Gasteiger charge is -2.09. The van der Waals surface area contributed by atoms with Crippen molar-refractivity contribution in [1.82, 2.24) is 0 Å². The van der Waals surface area contributed by atoms with Gasteiger partial charge in [0.1, 0.15) is 11.5 Å². The second-order valence-electron chi connectivity index (χ2n) is 5.20. The van der Waals surface area contributed by atoms with Crippen molar-refractivity contribution in [2.24, 2.45) is 5.16 Å². The Morgan fingerprint density at radius 3 is 2.56 bits per heavy atom. The van der Waals surface area contributed by atoms with E-state index >= 15 is 0 Å².